The van der Waals surface area contributed by atoms with E-state index in [0.717, 1.165) is 10.0 Å². The molecule has 1 unspecified atom stereocenters. The maximum Gasteiger partial charge on any atom is 0.327 e. The Bertz CT molecular complexity index is 378. The van der Waals surface area contributed by atoms with E-state index in [0.29, 0.717) is 13.2 Å². The summed E-state index contributed by atoms with van der Waals surface area (Å²) in [7, 11) is 0. The highest BCUT2D eigenvalue weighted by Gasteiger charge is 2.20. The van der Waals surface area contributed by atoms with Crippen LogP contribution in [0.3, 0.4) is 0 Å². The molecule has 1 aromatic rings. The molecule has 0 aliphatic carbocycles. The Kier molecular flexibility index (Phi) is 5.94. The van der Waals surface area contributed by atoms with E-state index in [4.69, 9.17) is 4.74 Å². The Morgan fingerprint density at radius 2 is 2.12 bits per heavy atom. The summed E-state index contributed by atoms with van der Waals surface area (Å²) in [6, 6.07) is 9.04. The Morgan fingerprint density at radius 3 is 2.65 bits per heavy atom. The second kappa shape index (κ2) is 7.25. The minimum Gasteiger partial charge on any atom is -0.465 e. The number of carbonyl (C=O) groups excluding carboxylic acids is 1. The molecule has 0 aromatic heterocycles. The fourth-order valence-corrected chi connectivity index (χ4v) is 1.58. The third-order valence-electron chi connectivity index (χ3n) is 2.15. The molecule has 0 fully saturated rings. The molecule has 1 rings (SSSR count). The number of esters is 1. The zero-order valence-corrected chi connectivity index (χ0v) is 11.4. The molecular formula is C13H16BrNO2. The van der Waals surface area contributed by atoms with Crippen LogP contribution in [0, 0.1) is 0 Å². The lowest BCUT2D eigenvalue weighted by Gasteiger charge is -2.17. The molecule has 0 saturated carbocycles. The van der Waals surface area contributed by atoms with Gasteiger partial charge >= 0.3 is 5.97 Å². The van der Waals surface area contributed by atoms with Crippen molar-refractivity contribution in [1.82, 2.24) is 5.32 Å². The van der Waals surface area contributed by atoms with E-state index in [1.807, 2.05) is 30.3 Å². The van der Waals surface area contributed by atoms with Crippen LogP contribution in [-0.4, -0.2) is 19.1 Å². The summed E-state index contributed by atoms with van der Waals surface area (Å²) in [5.74, 6) is -0.271. The molecule has 4 heteroatoms. The predicted molar refractivity (Wildman–Crippen MR) is 71.9 cm³/mol. The SMILES string of the molecule is C=C(Br)CNC(C(=O)OCC)c1ccccc1. The Balaban J connectivity index is 2.78. The molecule has 3 nitrogen and oxygen atoms in total. The van der Waals surface area contributed by atoms with Crippen molar-refractivity contribution in [3.63, 3.8) is 0 Å². The van der Waals surface area contributed by atoms with Gasteiger partial charge in [-0.2, -0.15) is 0 Å². The number of ether oxygens (including phenoxy) is 1. The highest BCUT2D eigenvalue weighted by Crippen LogP contribution is 2.15. The van der Waals surface area contributed by atoms with Gasteiger partial charge in [0.1, 0.15) is 6.04 Å². The fourth-order valence-electron chi connectivity index (χ4n) is 1.42. The first kappa shape index (κ1) is 13.9. The average Bonchev–Trinajstić information content (AvgIpc) is 2.30. The van der Waals surface area contributed by atoms with Gasteiger partial charge in [0.05, 0.1) is 6.61 Å². The lowest BCUT2D eigenvalue weighted by atomic mass is 10.1. The number of carbonyl (C=O) groups is 1. The summed E-state index contributed by atoms with van der Waals surface area (Å²) >= 11 is 3.25. The van der Waals surface area contributed by atoms with Gasteiger partial charge in [-0.1, -0.05) is 52.8 Å². The fraction of sp³-hybridized carbons (Fsp3) is 0.308. The second-order valence-corrected chi connectivity index (χ2v) is 4.62. The summed E-state index contributed by atoms with van der Waals surface area (Å²) < 4.78 is 5.84. The summed E-state index contributed by atoms with van der Waals surface area (Å²) in [5.41, 5.74) is 0.889. The molecule has 1 N–H and O–H groups in total. The van der Waals surface area contributed by atoms with E-state index in [-0.39, 0.29) is 5.97 Å². The van der Waals surface area contributed by atoms with E-state index >= 15 is 0 Å². The summed E-state index contributed by atoms with van der Waals surface area (Å²) in [4.78, 5) is 11.8. The zero-order valence-electron chi connectivity index (χ0n) is 9.78. The number of rotatable bonds is 6. The molecular weight excluding hydrogens is 282 g/mol. The molecule has 0 heterocycles. The first-order valence-electron chi connectivity index (χ1n) is 5.43. The van der Waals surface area contributed by atoms with Gasteiger partial charge in [-0.3, -0.25) is 5.32 Å². The predicted octanol–water partition coefficient (Wildman–Crippen LogP) is 2.79. The molecule has 0 aliphatic heterocycles. The van der Waals surface area contributed by atoms with E-state index < -0.39 is 6.04 Å². The van der Waals surface area contributed by atoms with Gasteiger partial charge in [0.15, 0.2) is 0 Å². The smallest absolute Gasteiger partial charge is 0.327 e. The van der Waals surface area contributed by atoms with Crippen LogP contribution in [0.15, 0.2) is 41.4 Å². The Morgan fingerprint density at radius 1 is 1.47 bits per heavy atom. The van der Waals surface area contributed by atoms with Crippen LogP contribution >= 0.6 is 15.9 Å². The largest absolute Gasteiger partial charge is 0.465 e. The van der Waals surface area contributed by atoms with Crippen molar-refractivity contribution in [2.45, 2.75) is 13.0 Å². The number of hydrogen-bond acceptors (Lipinski definition) is 3. The summed E-state index contributed by atoms with van der Waals surface area (Å²) in [6.07, 6.45) is 0. The van der Waals surface area contributed by atoms with Crippen molar-refractivity contribution in [3.8, 4) is 0 Å². The summed E-state index contributed by atoms with van der Waals surface area (Å²) in [5, 5.41) is 3.10. The van der Waals surface area contributed by atoms with Crippen molar-refractivity contribution in [2.24, 2.45) is 0 Å². The number of nitrogens with one attached hydrogen (secondary N) is 1. The van der Waals surface area contributed by atoms with Crippen molar-refractivity contribution in [1.29, 1.82) is 0 Å². The highest BCUT2D eigenvalue weighted by atomic mass is 79.9. The molecule has 0 bridgehead atoms. The van der Waals surface area contributed by atoms with Crippen LogP contribution in [0.5, 0.6) is 0 Å². The van der Waals surface area contributed by atoms with E-state index in [1.165, 1.54) is 0 Å². The molecule has 1 aromatic carbocycles. The van der Waals surface area contributed by atoms with Crippen molar-refractivity contribution in [3.05, 3.63) is 47.0 Å². The zero-order chi connectivity index (χ0) is 12.7. The van der Waals surface area contributed by atoms with Crippen molar-refractivity contribution < 1.29 is 9.53 Å². The molecule has 0 radical (unpaired) electrons. The first-order valence-corrected chi connectivity index (χ1v) is 6.22. The number of benzene rings is 1. The number of hydrogen-bond donors (Lipinski definition) is 1. The molecule has 0 amide bonds. The molecule has 1 atom stereocenters. The van der Waals surface area contributed by atoms with Crippen LogP contribution in [0.1, 0.15) is 18.5 Å². The van der Waals surface area contributed by atoms with Gasteiger partial charge in [0.25, 0.3) is 0 Å². The van der Waals surface area contributed by atoms with Crippen LogP contribution in [0.25, 0.3) is 0 Å². The molecule has 17 heavy (non-hydrogen) atoms. The average molecular weight is 298 g/mol. The van der Waals surface area contributed by atoms with Crippen LogP contribution < -0.4 is 5.32 Å². The van der Waals surface area contributed by atoms with Gasteiger partial charge in [-0.15, -0.1) is 0 Å². The van der Waals surface area contributed by atoms with Gasteiger partial charge in [-0.05, 0) is 12.5 Å². The second-order valence-electron chi connectivity index (χ2n) is 3.49. The van der Waals surface area contributed by atoms with Crippen molar-refractivity contribution >= 4 is 21.9 Å². The minimum atomic E-state index is -0.453. The molecule has 0 aliphatic rings. The van der Waals surface area contributed by atoms with E-state index in [9.17, 15) is 4.79 Å². The summed E-state index contributed by atoms with van der Waals surface area (Å²) in [6.45, 7) is 6.41. The monoisotopic (exact) mass is 297 g/mol. The van der Waals surface area contributed by atoms with E-state index in [2.05, 4.69) is 27.8 Å². The highest BCUT2D eigenvalue weighted by molar-refractivity contribution is 9.11. The lowest BCUT2D eigenvalue weighted by Crippen LogP contribution is -2.31. The molecule has 92 valence electrons. The maximum absolute atomic E-state index is 11.8. The Labute approximate surface area is 110 Å². The standard InChI is InChI=1S/C13H16BrNO2/c1-3-17-13(16)12(15-9-10(2)14)11-7-5-4-6-8-11/h4-8,12,15H,2-3,9H2,1H3. The number of halogens is 1. The van der Waals surface area contributed by atoms with Crippen LogP contribution in [0.4, 0.5) is 0 Å². The van der Waals surface area contributed by atoms with Gasteiger partial charge in [-0.25, -0.2) is 4.79 Å². The Hall–Kier alpha value is -1.13. The van der Waals surface area contributed by atoms with Crippen LogP contribution in [0.2, 0.25) is 0 Å². The first-order chi connectivity index (χ1) is 8.15. The quantitative estimate of drug-likeness (QED) is 0.821. The molecule has 0 saturated heterocycles. The van der Waals surface area contributed by atoms with E-state index in [1.54, 1.807) is 6.92 Å². The molecule has 0 spiro atoms. The van der Waals surface area contributed by atoms with Crippen LogP contribution in [-0.2, 0) is 9.53 Å². The minimum absolute atomic E-state index is 0.271. The maximum atomic E-state index is 11.8. The third-order valence-corrected chi connectivity index (χ3v) is 2.43. The topological polar surface area (TPSA) is 38.3 Å². The third kappa shape index (κ3) is 4.71. The van der Waals surface area contributed by atoms with Gasteiger partial charge in [0, 0.05) is 11.0 Å². The van der Waals surface area contributed by atoms with Crippen molar-refractivity contribution in [2.75, 3.05) is 13.2 Å². The lowest BCUT2D eigenvalue weighted by molar-refractivity contribution is -0.145. The van der Waals surface area contributed by atoms with Gasteiger partial charge < -0.3 is 4.74 Å². The normalized spacial score (nSPS) is 11.9. The van der Waals surface area contributed by atoms with Gasteiger partial charge in [0.2, 0.25) is 0 Å².